The second kappa shape index (κ2) is 4.81. The van der Waals surface area contributed by atoms with E-state index < -0.39 is 0 Å². The van der Waals surface area contributed by atoms with Crippen molar-refractivity contribution in [1.29, 1.82) is 0 Å². The second-order valence-corrected chi connectivity index (χ2v) is 5.24. The fraction of sp³-hybridized carbons (Fsp3) is 0.231. The SMILES string of the molecule is Cc1nn(C)cc1N1C(=O)/C(=C\c2cnn(C)c2)NC1=S. The lowest BCUT2D eigenvalue weighted by Crippen LogP contribution is -2.30. The number of hydrogen-bond donors (Lipinski definition) is 1. The summed E-state index contributed by atoms with van der Waals surface area (Å²) in [5, 5.41) is 11.6. The second-order valence-electron chi connectivity index (χ2n) is 4.85. The van der Waals surface area contributed by atoms with Gasteiger partial charge in [-0.3, -0.25) is 14.2 Å². The highest BCUT2D eigenvalue weighted by atomic mass is 32.1. The Labute approximate surface area is 126 Å². The lowest BCUT2D eigenvalue weighted by molar-refractivity contribution is -0.113. The van der Waals surface area contributed by atoms with Gasteiger partial charge in [0.05, 0.1) is 17.6 Å². The zero-order valence-corrected chi connectivity index (χ0v) is 12.7. The molecule has 1 amide bonds. The van der Waals surface area contributed by atoms with Crippen molar-refractivity contribution in [2.45, 2.75) is 6.92 Å². The summed E-state index contributed by atoms with van der Waals surface area (Å²) in [4.78, 5) is 14.0. The molecule has 3 rings (SSSR count). The Morgan fingerprint density at radius 1 is 1.29 bits per heavy atom. The number of nitrogens with one attached hydrogen (secondary N) is 1. The molecule has 0 aliphatic carbocycles. The number of thiocarbonyl (C=S) groups is 1. The largest absolute Gasteiger partial charge is 0.327 e. The summed E-state index contributed by atoms with van der Waals surface area (Å²) in [6.45, 7) is 1.84. The Hall–Kier alpha value is -2.48. The topological polar surface area (TPSA) is 68.0 Å². The van der Waals surface area contributed by atoms with Crippen LogP contribution in [0.1, 0.15) is 11.3 Å². The number of aromatic nitrogens is 4. The third kappa shape index (κ3) is 2.33. The van der Waals surface area contributed by atoms with Gasteiger partial charge in [-0.15, -0.1) is 0 Å². The van der Waals surface area contributed by atoms with Crippen LogP contribution in [0.25, 0.3) is 6.08 Å². The predicted molar refractivity (Wildman–Crippen MR) is 82.3 cm³/mol. The van der Waals surface area contributed by atoms with E-state index >= 15 is 0 Å². The van der Waals surface area contributed by atoms with Crippen LogP contribution in [-0.2, 0) is 18.9 Å². The average Bonchev–Trinajstić information content (AvgIpc) is 3.02. The molecule has 2 aromatic rings. The maximum absolute atomic E-state index is 12.5. The van der Waals surface area contributed by atoms with Crippen LogP contribution in [0, 0.1) is 6.92 Å². The zero-order chi connectivity index (χ0) is 15.1. The molecule has 8 heteroatoms. The van der Waals surface area contributed by atoms with Crippen LogP contribution in [0.4, 0.5) is 5.69 Å². The molecule has 0 unspecified atom stereocenters. The van der Waals surface area contributed by atoms with Gasteiger partial charge in [0, 0.05) is 32.1 Å². The predicted octanol–water partition coefficient (Wildman–Crippen LogP) is 0.724. The molecule has 0 bridgehead atoms. The number of amides is 1. The molecular formula is C13H14N6OS. The van der Waals surface area contributed by atoms with E-state index in [-0.39, 0.29) is 5.91 Å². The first kappa shape index (κ1) is 13.5. The van der Waals surface area contributed by atoms with Gasteiger partial charge in [-0.1, -0.05) is 0 Å². The Balaban J connectivity index is 1.96. The van der Waals surface area contributed by atoms with Crippen molar-refractivity contribution >= 4 is 35.0 Å². The molecule has 0 aromatic carbocycles. The van der Waals surface area contributed by atoms with E-state index in [1.165, 1.54) is 4.90 Å². The first-order valence-electron chi connectivity index (χ1n) is 6.32. The molecule has 0 radical (unpaired) electrons. The number of carbonyl (C=O) groups excluding carboxylic acids is 1. The normalized spacial score (nSPS) is 16.9. The summed E-state index contributed by atoms with van der Waals surface area (Å²) in [6, 6.07) is 0. The number of rotatable bonds is 2. The highest BCUT2D eigenvalue weighted by Gasteiger charge is 2.33. The molecule has 0 saturated carbocycles. The van der Waals surface area contributed by atoms with Crippen molar-refractivity contribution in [3.8, 4) is 0 Å². The van der Waals surface area contributed by atoms with E-state index in [2.05, 4.69) is 15.5 Å². The summed E-state index contributed by atoms with van der Waals surface area (Å²) in [5.74, 6) is -0.194. The first-order valence-corrected chi connectivity index (χ1v) is 6.72. The van der Waals surface area contributed by atoms with Gasteiger partial charge < -0.3 is 5.32 Å². The van der Waals surface area contributed by atoms with Gasteiger partial charge in [0.2, 0.25) is 0 Å². The van der Waals surface area contributed by atoms with Crippen molar-refractivity contribution in [3.63, 3.8) is 0 Å². The standard InChI is InChI=1S/C13H14N6OS/c1-8-11(7-18(3)16-8)19-12(20)10(15-13(19)21)4-9-5-14-17(2)6-9/h4-7H,1-3H3,(H,15,21)/b10-4+. The smallest absolute Gasteiger partial charge is 0.281 e. The number of aryl methyl sites for hydroxylation is 3. The van der Waals surface area contributed by atoms with E-state index in [4.69, 9.17) is 12.2 Å². The average molecular weight is 302 g/mol. The Morgan fingerprint density at radius 3 is 2.62 bits per heavy atom. The molecule has 1 N–H and O–H groups in total. The molecular weight excluding hydrogens is 288 g/mol. The molecule has 2 aromatic heterocycles. The Kier molecular flexibility index (Phi) is 3.09. The van der Waals surface area contributed by atoms with Crippen molar-refractivity contribution in [3.05, 3.63) is 35.5 Å². The molecule has 21 heavy (non-hydrogen) atoms. The molecule has 0 spiro atoms. The van der Waals surface area contributed by atoms with E-state index in [0.29, 0.717) is 16.5 Å². The monoisotopic (exact) mass is 302 g/mol. The lowest BCUT2D eigenvalue weighted by atomic mass is 10.2. The van der Waals surface area contributed by atoms with Gasteiger partial charge >= 0.3 is 0 Å². The van der Waals surface area contributed by atoms with Crippen molar-refractivity contribution in [1.82, 2.24) is 24.9 Å². The lowest BCUT2D eigenvalue weighted by Gasteiger charge is -2.11. The van der Waals surface area contributed by atoms with Gasteiger partial charge in [-0.2, -0.15) is 10.2 Å². The van der Waals surface area contributed by atoms with Gasteiger partial charge in [0.1, 0.15) is 5.70 Å². The zero-order valence-electron chi connectivity index (χ0n) is 11.9. The molecule has 1 aliphatic heterocycles. The third-order valence-corrected chi connectivity index (χ3v) is 3.43. The summed E-state index contributed by atoms with van der Waals surface area (Å²) in [5.41, 5.74) is 2.70. The first-order chi connectivity index (χ1) is 9.95. The fourth-order valence-corrected chi connectivity index (χ4v) is 2.53. The molecule has 1 saturated heterocycles. The van der Waals surface area contributed by atoms with Crippen LogP contribution in [-0.4, -0.2) is 30.6 Å². The summed E-state index contributed by atoms with van der Waals surface area (Å²) in [6.07, 6.45) is 7.01. The maximum Gasteiger partial charge on any atom is 0.281 e. The summed E-state index contributed by atoms with van der Waals surface area (Å²) >= 11 is 5.26. The highest BCUT2D eigenvalue weighted by molar-refractivity contribution is 7.80. The van der Waals surface area contributed by atoms with E-state index in [0.717, 1.165) is 11.3 Å². The van der Waals surface area contributed by atoms with E-state index in [1.807, 2.05) is 20.2 Å². The Morgan fingerprint density at radius 2 is 2.05 bits per heavy atom. The van der Waals surface area contributed by atoms with Crippen LogP contribution < -0.4 is 10.2 Å². The minimum Gasteiger partial charge on any atom is -0.327 e. The summed E-state index contributed by atoms with van der Waals surface area (Å²) in [7, 11) is 3.63. The minimum atomic E-state index is -0.194. The summed E-state index contributed by atoms with van der Waals surface area (Å²) < 4.78 is 3.33. The third-order valence-electron chi connectivity index (χ3n) is 3.14. The van der Waals surface area contributed by atoms with Gasteiger partial charge in [0.15, 0.2) is 5.11 Å². The molecule has 1 aliphatic rings. The Bertz CT molecular complexity index is 771. The number of nitrogens with zero attached hydrogens (tertiary/aromatic N) is 5. The van der Waals surface area contributed by atoms with Crippen molar-refractivity contribution < 1.29 is 4.79 Å². The molecule has 1 fully saturated rings. The van der Waals surface area contributed by atoms with Crippen LogP contribution in [0.3, 0.4) is 0 Å². The number of hydrogen-bond acceptors (Lipinski definition) is 4. The van der Waals surface area contributed by atoms with E-state index in [1.54, 1.807) is 34.9 Å². The van der Waals surface area contributed by atoms with E-state index in [9.17, 15) is 4.79 Å². The molecule has 3 heterocycles. The van der Waals surface area contributed by atoms with Crippen molar-refractivity contribution in [2.24, 2.45) is 14.1 Å². The minimum absolute atomic E-state index is 0.194. The molecule has 7 nitrogen and oxygen atoms in total. The number of carbonyl (C=O) groups is 1. The molecule has 108 valence electrons. The number of anilines is 1. The molecule has 0 atom stereocenters. The fourth-order valence-electron chi connectivity index (χ4n) is 2.24. The van der Waals surface area contributed by atoms with Gasteiger partial charge in [-0.05, 0) is 25.2 Å². The van der Waals surface area contributed by atoms with Crippen LogP contribution in [0.5, 0.6) is 0 Å². The van der Waals surface area contributed by atoms with Gasteiger partial charge in [-0.25, -0.2) is 4.90 Å². The van der Waals surface area contributed by atoms with Crippen LogP contribution >= 0.6 is 12.2 Å². The van der Waals surface area contributed by atoms with Crippen LogP contribution in [0.15, 0.2) is 24.3 Å². The quantitative estimate of drug-likeness (QED) is 0.654. The maximum atomic E-state index is 12.5. The van der Waals surface area contributed by atoms with Crippen LogP contribution in [0.2, 0.25) is 0 Å². The van der Waals surface area contributed by atoms with Gasteiger partial charge in [0.25, 0.3) is 5.91 Å². The highest BCUT2D eigenvalue weighted by Crippen LogP contribution is 2.24. The van der Waals surface area contributed by atoms with Crippen molar-refractivity contribution in [2.75, 3.05) is 4.90 Å².